The smallest absolute Gasteiger partial charge is 0.416 e. The number of alkyl halides is 3. The number of carbonyl (C=O) groups is 1. The first kappa shape index (κ1) is 23.5. The van der Waals surface area contributed by atoms with Crippen LogP contribution in [-0.4, -0.2) is 35.1 Å². The summed E-state index contributed by atoms with van der Waals surface area (Å²) in [6.45, 7) is 1.51. The van der Waals surface area contributed by atoms with E-state index in [1.54, 1.807) is 24.5 Å². The molecule has 4 rings (SSSR count). The van der Waals surface area contributed by atoms with Crippen molar-refractivity contribution in [2.45, 2.75) is 31.6 Å². The lowest BCUT2D eigenvalue weighted by molar-refractivity contribution is -0.137. The van der Waals surface area contributed by atoms with E-state index >= 15 is 0 Å². The minimum Gasteiger partial charge on any atom is -0.492 e. The molecular formula is C24H24F3N5O2. The van der Waals surface area contributed by atoms with Gasteiger partial charge >= 0.3 is 6.18 Å². The van der Waals surface area contributed by atoms with Gasteiger partial charge in [0.1, 0.15) is 18.2 Å². The Morgan fingerprint density at radius 2 is 1.97 bits per heavy atom. The van der Waals surface area contributed by atoms with Gasteiger partial charge in [-0.1, -0.05) is 0 Å². The van der Waals surface area contributed by atoms with Crippen LogP contribution in [0.15, 0.2) is 61.1 Å². The second-order valence-electron chi connectivity index (χ2n) is 7.91. The lowest BCUT2D eigenvalue weighted by Crippen LogP contribution is -2.28. The highest BCUT2D eigenvalue weighted by molar-refractivity contribution is 6.07. The molecule has 34 heavy (non-hydrogen) atoms. The zero-order valence-corrected chi connectivity index (χ0v) is 18.2. The number of amides is 1. The van der Waals surface area contributed by atoms with Crippen LogP contribution in [0.5, 0.6) is 5.75 Å². The van der Waals surface area contributed by atoms with Gasteiger partial charge in [-0.05, 0) is 61.3 Å². The van der Waals surface area contributed by atoms with Crippen molar-refractivity contribution in [1.82, 2.24) is 15.3 Å². The topological polar surface area (TPSA) is 88.2 Å². The SMILES string of the molecule is O=C(Nc1cc(OCC2CCCN2)cc(C(F)(F)F)c1)c1cccnc1NCc1ccncc1. The number of ether oxygens (including phenoxy) is 1. The Bertz CT molecular complexity index is 1120. The van der Waals surface area contributed by atoms with Crippen LogP contribution in [0.4, 0.5) is 24.7 Å². The van der Waals surface area contributed by atoms with E-state index in [2.05, 4.69) is 25.9 Å². The van der Waals surface area contributed by atoms with E-state index in [4.69, 9.17) is 4.74 Å². The maximum atomic E-state index is 13.5. The Morgan fingerprint density at radius 3 is 2.71 bits per heavy atom. The van der Waals surface area contributed by atoms with Gasteiger partial charge in [0, 0.05) is 42.9 Å². The van der Waals surface area contributed by atoms with Gasteiger partial charge in [-0.25, -0.2) is 4.98 Å². The molecule has 3 aromatic rings. The number of pyridine rings is 2. The van der Waals surface area contributed by atoms with Crippen LogP contribution in [0.25, 0.3) is 0 Å². The van der Waals surface area contributed by atoms with E-state index < -0.39 is 17.6 Å². The van der Waals surface area contributed by atoms with Gasteiger partial charge in [0.2, 0.25) is 0 Å². The summed E-state index contributed by atoms with van der Waals surface area (Å²) >= 11 is 0. The lowest BCUT2D eigenvalue weighted by atomic mass is 10.1. The van der Waals surface area contributed by atoms with Crippen LogP contribution in [0.3, 0.4) is 0 Å². The molecule has 1 fully saturated rings. The van der Waals surface area contributed by atoms with Gasteiger partial charge in [0.15, 0.2) is 0 Å². The first-order chi connectivity index (χ1) is 16.4. The van der Waals surface area contributed by atoms with E-state index in [1.165, 1.54) is 12.3 Å². The lowest BCUT2D eigenvalue weighted by Gasteiger charge is -2.16. The number of hydrogen-bond acceptors (Lipinski definition) is 6. The molecule has 0 radical (unpaired) electrons. The Kier molecular flexibility index (Phi) is 7.27. The fraction of sp³-hybridized carbons (Fsp3) is 0.292. The Hall–Kier alpha value is -3.66. The molecule has 1 amide bonds. The molecule has 2 aromatic heterocycles. The Balaban J connectivity index is 1.51. The third kappa shape index (κ3) is 6.22. The highest BCUT2D eigenvalue weighted by Crippen LogP contribution is 2.34. The molecule has 0 saturated carbocycles. The largest absolute Gasteiger partial charge is 0.492 e. The van der Waals surface area contributed by atoms with Crippen molar-refractivity contribution in [3.8, 4) is 5.75 Å². The summed E-state index contributed by atoms with van der Waals surface area (Å²) < 4.78 is 46.0. The van der Waals surface area contributed by atoms with E-state index in [1.807, 2.05) is 12.1 Å². The molecule has 10 heteroatoms. The molecule has 7 nitrogen and oxygen atoms in total. The van der Waals surface area contributed by atoms with Crippen LogP contribution >= 0.6 is 0 Å². The fourth-order valence-corrected chi connectivity index (χ4v) is 3.63. The maximum Gasteiger partial charge on any atom is 0.416 e. The van der Waals surface area contributed by atoms with Crippen LogP contribution in [-0.2, 0) is 12.7 Å². The number of aromatic nitrogens is 2. The van der Waals surface area contributed by atoms with E-state index in [0.717, 1.165) is 37.1 Å². The number of anilines is 2. The number of nitrogens with zero attached hydrogens (tertiary/aromatic N) is 2. The average Bonchev–Trinajstić information content (AvgIpc) is 3.35. The standard InChI is InChI=1S/C24H24F3N5O2/c25-24(26,27)17-11-19(13-20(12-17)34-15-18-3-1-7-29-18)32-23(33)21-4-2-8-30-22(21)31-14-16-5-9-28-10-6-16/h2,4-6,8-13,18,29H,1,3,7,14-15H2,(H,30,31)(H,32,33). The van der Waals surface area contributed by atoms with Crippen LogP contribution < -0.4 is 20.7 Å². The summed E-state index contributed by atoms with van der Waals surface area (Å²) in [6.07, 6.45) is 2.15. The normalized spacial score (nSPS) is 15.7. The third-order valence-corrected chi connectivity index (χ3v) is 5.37. The highest BCUT2D eigenvalue weighted by atomic mass is 19.4. The van der Waals surface area contributed by atoms with Crippen molar-refractivity contribution in [2.75, 3.05) is 23.8 Å². The first-order valence-electron chi connectivity index (χ1n) is 10.9. The summed E-state index contributed by atoms with van der Waals surface area (Å²) in [5, 5.41) is 8.87. The highest BCUT2D eigenvalue weighted by Gasteiger charge is 2.32. The number of nitrogens with one attached hydrogen (secondary N) is 3. The van der Waals surface area contributed by atoms with Gasteiger partial charge in [0.25, 0.3) is 5.91 Å². The van der Waals surface area contributed by atoms with E-state index in [-0.39, 0.29) is 29.6 Å². The van der Waals surface area contributed by atoms with Crippen LogP contribution in [0.2, 0.25) is 0 Å². The van der Waals surface area contributed by atoms with Gasteiger partial charge < -0.3 is 20.7 Å². The number of halogens is 3. The molecule has 0 bridgehead atoms. The predicted octanol–water partition coefficient (Wildman–Crippen LogP) is 4.49. The number of hydrogen-bond donors (Lipinski definition) is 3. The summed E-state index contributed by atoms with van der Waals surface area (Å²) in [5.74, 6) is -0.235. The quantitative estimate of drug-likeness (QED) is 0.449. The summed E-state index contributed by atoms with van der Waals surface area (Å²) in [4.78, 5) is 21.1. The van der Waals surface area contributed by atoms with Crippen LogP contribution in [0, 0.1) is 0 Å². The molecule has 1 aliphatic heterocycles. The average molecular weight is 471 g/mol. The maximum absolute atomic E-state index is 13.5. The van der Waals surface area contributed by atoms with Crippen molar-refractivity contribution >= 4 is 17.4 Å². The molecule has 1 aliphatic rings. The van der Waals surface area contributed by atoms with Crippen molar-refractivity contribution in [2.24, 2.45) is 0 Å². The Morgan fingerprint density at radius 1 is 1.15 bits per heavy atom. The fourth-order valence-electron chi connectivity index (χ4n) is 3.63. The van der Waals surface area contributed by atoms with E-state index in [0.29, 0.717) is 12.4 Å². The number of rotatable bonds is 8. The molecule has 1 saturated heterocycles. The Labute approximate surface area is 194 Å². The number of carbonyl (C=O) groups excluding carboxylic acids is 1. The van der Waals surface area contributed by atoms with Crippen LogP contribution in [0.1, 0.15) is 34.3 Å². The summed E-state index contributed by atoms with van der Waals surface area (Å²) in [5.41, 5.74) is 0.218. The molecule has 3 heterocycles. The van der Waals surface area contributed by atoms with Gasteiger partial charge in [-0.3, -0.25) is 9.78 Å². The predicted molar refractivity (Wildman–Crippen MR) is 122 cm³/mol. The second kappa shape index (κ2) is 10.5. The second-order valence-corrected chi connectivity index (χ2v) is 7.91. The molecule has 3 N–H and O–H groups in total. The third-order valence-electron chi connectivity index (χ3n) is 5.37. The molecule has 1 unspecified atom stereocenters. The molecular weight excluding hydrogens is 447 g/mol. The van der Waals surface area contributed by atoms with Gasteiger partial charge in [-0.15, -0.1) is 0 Å². The molecule has 1 atom stereocenters. The minimum atomic E-state index is -4.59. The van der Waals surface area contributed by atoms with Gasteiger partial charge in [0.05, 0.1) is 11.1 Å². The first-order valence-corrected chi connectivity index (χ1v) is 10.9. The molecule has 0 aliphatic carbocycles. The summed E-state index contributed by atoms with van der Waals surface area (Å²) in [6, 6.07) is 10.1. The van der Waals surface area contributed by atoms with E-state index in [9.17, 15) is 18.0 Å². The zero-order valence-electron chi connectivity index (χ0n) is 18.2. The van der Waals surface area contributed by atoms with Crippen molar-refractivity contribution in [1.29, 1.82) is 0 Å². The minimum absolute atomic E-state index is 0.0156. The van der Waals surface area contributed by atoms with Crippen molar-refractivity contribution < 1.29 is 22.7 Å². The van der Waals surface area contributed by atoms with Crippen molar-refractivity contribution in [3.05, 3.63) is 77.7 Å². The molecule has 1 aromatic carbocycles. The zero-order chi connectivity index (χ0) is 24.0. The molecule has 178 valence electrons. The monoisotopic (exact) mass is 471 g/mol. The summed E-state index contributed by atoms with van der Waals surface area (Å²) in [7, 11) is 0. The van der Waals surface area contributed by atoms with Gasteiger partial charge in [-0.2, -0.15) is 13.2 Å². The number of benzene rings is 1. The van der Waals surface area contributed by atoms with Crippen molar-refractivity contribution in [3.63, 3.8) is 0 Å². The molecule has 0 spiro atoms.